The van der Waals surface area contributed by atoms with E-state index in [-0.39, 0.29) is 18.3 Å². The molecule has 12 heteroatoms. The second kappa shape index (κ2) is 8.09. The molecule has 2 fully saturated rings. The van der Waals surface area contributed by atoms with Gasteiger partial charge < -0.3 is 24.0 Å². The molecule has 0 N–H and O–H groups in total. The monoisotopic (exact) mass is 505 g/mol. The lowest BCUT2D eigenvalue weighted by Gasteiger charge is -2.52. The van der Waals surface area contributed by atoms with Crippen LogP contribution in [0.4, 0.5) is 4.79 Å². The van der Waals surface area contributed by atoms with E-state index in [1.54, 1.807) is 25.1 Å². The minimum atomic E-state index is -1.73. The number of nitriles is 1. The lowest BCUT2D eigenvalue weighted by molar-refractivity contribution is -0.163. The maximum absolute atomic E-state index is 14.1. The Morgan fingerprint density at radius 2 is 1.85 bits per heavy atom. The third-order valence-electron chi connectivity index (χ3n) is 6.48. The van der Waals surface area contributed by atoms with E-state index in [4.69, 9.17) is 14.2 Å². The summed E-state index contributed by atoms with van der Waals surface area (Å²) in [6.45, 7) is 4.49. The van der Waals surface area contributed by atoms with Crippen molar-refractivity contribution in [1.82, 2.24) is 9.80 Å². The molecule has 34 heavy (non-hydrogen) atoms. The summed E-state index contributed by atoms with van der Waals surface area (Å²) >= 11 is 1.28. The number of thioether (sulfide) groups is 2. The van der Waals surface area contributed by atoms with Gasteiger partial charge in [0.25, 0.3) is 11.8 Å². The van der Waals surface area contributed by atoms with Crippen LogP contribution in [0.5, 0.6) is 11.5 Å². The molecule has 10 nitrogen and oxygen atoms in total. The standard InChI is InChI=1S/C22H23N3O7S2/c1-12(26)33-21(3)17(27)25-16(13-6-7-14-15(8-13)32-11-31-14)20(2,10-23)9-22(25,18(28)24(21)4)34-19(29)30-5/h6-8,16H,9,11H2,1-5H3/t16?,20-,21+,22+/m1/s1. The maximum Gasteiger partial charge on any atom is 0.369 e. The van der Waals surface area contributed by atoms with E-state index in [2.05, 4.69) is 6.07 Å². The number of likely N-dealkylation sites (N-methyl/N-ethyl adjacent to an activating group) is 1. The molecule has 0 spiro atoms. The molecule has 1 unspecified atom stereocenters. The molecule has 1 aromatic carbocycles. The van der Waals surface area contributed by atoms with E-state index in [0.29, 0.717) is 40.6 Å². The Labute approximate surface area is 204 Å². The van der Waals surface area contributed by atoms with Gasteiger partial charge in [0.05, 0.1) is 24.6 Å². The van der Waals surface area contributed by atoms with Gasteiger partial charge in [-0.05, 0) is 43.3 Å². The maximum atomic E-state index is 14.1. The third kappa shape index (κ3) is 3.32. The summed E-state index contributed by atoms with van der Waals surface area (Å²) in [5.74, 6) is -0.158. The molecule has 0 aliphatic carbocycles. The van der Waals surface area contributed by atoms with Crippen LogP contribution in [0.3, 0.4) is 0 Å². The number of methoxy groups -OCH3 is 1. The van der Waals surface area contributed by atoms with Crippen LogP contribution in [-0.2, 0) is 19.1 Å². The fourth-order valence-electron chi connectivity index (χ4n) is 4.86. The zero-order chi connectivity index (χ0) is 25.1. The van der Waals surface area contributed by atoms with Gasteiger partial charge in [0.1, 0.15) is 0 Å². The van der Waals surface area contributed by atoms with E-state index in [1.165, 1.54) is 37.8 Å². The summed E-state index contributed by atoms with van der Waals surface area (Å²) in [5, 5.41) is 9.14. The molecule has 3 heterocycles. The van der Waals surface area contributed by atoms with Crippen molar-refractivity contribution >= 4 is 45.8 Å². The molecule has 0 saturated carbocycles. The predicted molar refractivity (Wildman–Crippen MR) is 123 cm³/mol. The zero-order valence-electron chi connectivity index (χ0n) is 19.2. The third-order valence-corrected chi connectivity index (χ3v) is 8.80. The molecule has 0 radical (unpaired) electrons. The average molecular weight is 506 g/mol. The second-order valence-electron chi connectivity index (χ2n) is 8.68. The number of hydrogen-bond donors (Lipinski definition) is 0. The van der Waals surface area contributed by atoms with Gasteiger partial charge >= 0.3 is 5.30 Å². The fraction of sp³-hybridized carbons (Fsp3) is 0.500. The van der Waals surface area contributed by atoms with E-state index < -0.39 is 38.3 Å². The van der Waals surface area contributed by atoms with Crippen molar-refractivity contribution < 1.29 is 33.4 Å². The summed E-state index contributed by atoms with van der Waals surface area (Å²) in [7, 11) is 2.60. The van der Waals surface area contributed by atoms with E-state index in [0.717, 1.165) is 0 Å². The first kappa shape index (κ1) is 24.2. The average Bonchev–Trinajstić information content (AvgIpc) is 3.36. The first-order valence-electron chi connectivity index (χ1n) is 10.3. The summed E-state index contributed by atoms with van der Waals surface area (Å²) in [6.07, 6.45) is -0.120. The molecule has 0 bridgehead atoms. The molecule has 3 aliphatic rings. The number of benzene rings is 1. The molecule has 180 valence electrons. The quantitative estimate of drug-likeness (QED) is 0.566. The molecule has 3 aliphatic heterocycles. The SMILES string of the molecule is COC(=O)S[C@]12C[C@](C)(C#N)C(c3ccc4c(c3)OCO4)N1C(=O)[C@](C)(SC(C)=O)N(C)C2=O. The minimum absolute atomic E-state index is 0.0420. The summed E-state index contributed by atoms with van der Waals surface area (Å²) in [4.78, 5) is 51.8. The van der Waals surface area contributed by atoms with Crippen molar-refractivity contribution in [3.8, 4) is 17.6 Å². The van der Waals surface area contributed by atoms with Crippen LogP contribution in [-0.4, -0.2) is 62.7 Å². The number of fused-ring (bicyclic) bond motifs is 2. The van der Waals surface area contributed by atoms with Crippen molar-refractivity contribution in [2.24, 2.45) is 5.41 Å². The van der Waals surface area contributed by atoms with Gasteiger partial charge in [-0.15, -0.1) is 0 Å². The molecule has 0 aromatic heterocycles. The lowest BCUT2D eigenvalue weighted by Crippen LogP contribution is -2.71. The van der Waals surface area contributed by atoms with Gasteiger partial charge in [0.2, 0.25) is 6.79 Å². The predicted octanol–water partition coefficient (Wildman–Crippen LogP) is 2.88. The molecule has 1 aromatic rings. The highest BCUT2D eigenvalue weighted by Gasteiger charge is 2.72. The normalized spacial score (nSPS) is 31.8. The highest BCUT2D eigenvalue weighted by molar-refractivity contribution is 8.15. The van der Waals surface area contributed by atoms with E-state index >= 15 is 0 Å². The van der Waals surface area contributed by atoms with E-state index in [1.807, 2.05) is 0 Å². The Bertz CT molecular complexity index is 1150. The molecule has 4 atom stereocenters. The van der Waals surface area contributed by atoms with Gasteiger partial charge in [0.15, 0.2) is 26.4 Å². The highest BCUT2D eigenvalue weighted by atomic mass is 32.2. The number of ether oxygens (including phenoxy) is 3. The summed E-state index contributed by atoms with van der Waals surface area (Å²) in [5.41, 5.74) is -0.714. The van der Waals surface area contributed by atoms with Crippen molar-refractivity contribution in [3.05, 3.63) is 23.8 Å². The molecular weight excluding hydrogens is 482 g/mol. The topological polar surface area (TPSA) is 126 Å². The van der Waals surface area contributed by atoms with Crippen LogP contribution in [0.2, 0.25) is 0 Å². The zero-order valence-corrected chi connectivity index (χ0v) is 20.9. The number of nitrogens with zero attached hydrogens (tertiary/aromatic N) is 3. The first-order valence-corrected chi connectivity index (χ1v) is 12.0. The Balaban J connectivity index is 1.95. The second-order valence-corrected chi connectivity index (χ2v) is 11.5. The fourth-order valence-corrected chi connectivity index (χ4v) is 7.06. The van der Waals surface area contributed by atoms with Gasteiger partial charge in [0, 0.05) is 20.4 Å². The highest BCUT2D eigenvalue weighted by Crippen LogP contribution is 2.62. The number of rotatable bonds is 3. The van der Waals surface area contributed by atoms with Gasteiger partial charge in [-0.2, -0.15) is 5.26 Å². The van der Waals surface area contributed by atoms with Crippen LogP contribution in [0.1, 0.15) is 38.8 Å². The van der Waals surface area contributed by atoms with Crippen LogP contribution in [0, 0.1) is 16.7 Å². The summed E-state index contributed by atoms with van der Waals surface area (Å²) in [6, 6.07) is 6.42. The largest absolute Gasteiger partial charge is 0.461 e. The number of amides is 2. The molecule has 4 rings (SSSR count). The smallest absolute Gasteiger partial charge is 0.369 e. The minimum Gasteiger partial charge on any atom is -0.461 e. The Morgan fingerprint density at radius 1 is 1.18 bits per heavy atom. The van der Waals surface area contributed by atoms with Crippen molar-refractivity contribution in [2.75, 3.05) is 21.0 Å². The lowest BCUT2D eigenvalue weighted by atomic mass is 9.79. The van der Waals surface area contributed by atoms with Crippen molar-refractivity contribution in [3.63, 3.8) is 0 Å². The Kier molecular flexibility index (Phi) is 5.77. The number of hydrogen-bond acceptors (Lipinski definition) is 10. The van der Waals surface area contributed by atoms with Gasteiger partial charge in [-0.1, -0.05) is 17.8 Å². The number of carbonyl (C=O) groups is 4. The number of piperazine rings is 1. The molecular formula is C22H23N3O7S2. The molecule has 2 saturated heterocycles. The van der Waals surface area contributed by atoms with Crippen LogP contribution < -0.4 is 9.47 Å². The first-order chi connectivity index (χ1) is 15.9. The summed E-state index contributed by atoms with van der Waals surface area (Å²) < 4.78 is 15.7. The van der Waals surface area contributed by atoms with Crippen molar-refractivity contribution in [1.29, 1.82) is 5.26 Å². The Morgan fingerprint density at radius 3 is 2.47 bits per heavy atom. The van der Waals surface area contributed by atoms with Crippen LogP contribution >= 0.6 is 23.5 Å². The van der Waals surface area contributed by atoms with Crippen molar-refractivity contribution in [2.45, 2.75) is 43.0 Å². The number of carbonyl (C=O) groups excluding carboxylic acids is 4. The molecule has 2 amide bonds. The Hall–Kier alpha value is -2.91. The van der Waals surface area contributed by atoms with Crippen LogP contribution in [0.15, 0.2) is 18.2 Å². The van der Waals surface area contributed by atoms with Crippen LogP contribution in [0.25, 0.3) is 0 Å². The van der Waals surface area contributed by atoms with Gasteiger partial charge in [-0.25, -0.2) is 4.79 Å². The van der Waals surface area contributed by atoms with Gasteiger partial charge in [-0.3, -0.25) is 14.4 Å². The van der Waals surface area contributed by atoms with E-state index in [9.17, 15) is 24.4 Å².